The number of H-pyrrole nitrogens is 1. The molecule has 1 saturated heterocycles. The van der Waals surface area contributed by atoms with E-state index in [9.17, 15) is 37.5 Å². The molecule has 5 rings (SSSR count). The van der Waals surface area contributed by atoms with Gasteiger partial charge in [-0.15, -0.1) is 0 Å². The van der Waals surface area contributed by atoms with E-state index in [4.69, 9.17) is 23.2 Å². The Morgan fingerprint density at radius 3 is 2.35 bits per heavy atom. The highest BCUT2D eigenvalue weighted by atomic mass is 35.5. The first-order chi connectivity index (χ1) is 26.2. The van der Waals surface area contributed by atoms with Crippen LogP contribution in [0.2, 0.25) is 10.0 Å². The number of para-hydroxylation sites is 1. The van der Waals surface area contributed by atoms with Gasteiger partial charge in [-0.3, -0.25) is 19.2 Å². The number of aromatic nitrogens is 1. The molecule has 1 unspecified atom stereocenters. The highest BCUT2D eigenvalue weighted by Gasteiger charge is 2.41. The van der Waals surface area contributed by atoms with Crippen LogP contribution in [0.1, 0.15) is 55.5 Å². The number of anilines is 1. The molecule has 4 atom stereocenters. The van der Waals surface area contributed by atoms with E-state index >= 15 is 0 Å². The first-order valence-corrected chi connectivity index (χ1v) is 19.9. The molecule has 0 radical (unpaired) electrons. The summed E-state index contributed by atoms with van der Waals surface area (Å²) in [4.78, 5) is 67.5. The molecular weight excluding hydrogens is 771 g/mol. The number of benzene rings is 3. The molecule has 1 aliphatic rings. The van der Waals surface area contributed by atoms with E-state index < -0.39 is 51.8 Å². The van der Waals surface area contributed by atoms with Gasteiger partial charge in [-0.25, -0.2) is 13.2 Å². The lowest BCUT2D eigenvalue weighted by atomic mass is 9.97. The van der Waals surface area contributed by atoms with Crippen molar-refractivity contribution in [3.63, 3.8) is 0 Å². The van der Waals surface area contributed by atoms with E-state index in [1.165, 1.54) is 18.2 Å². The van der Waals surface area contributed by atoms with E-state index in [-0.39, 0.29) is 59.1 Å². The molecule has 6 N–H and O–H groups in total. The lowest BCUT2D eigenvalue weighted by molar-refractivity contribution is -0.142. The minimum atomic E-state index is -4.18. The molecule has 55 heavy (non-hydrogen) atoms. The van der Waals surface area contributed by atoms with Gasteiger partial charge in [-0.1, -0.05) is 73.8 Å². The van der Waals surface area contributed by atoms with Crippen LogP contribution >= 0.6 is 23.2 Å². The Morgan fingerprint density at radius 2 is 1.67 bits per heavy atom. The van der Waals surface area contributed by atoms with E-state index in [0.717, 1.165) is 15.2 Å². The zero-order valence-electron chi connectivity index (χ0n) is 30.1. The number of aromatic amines is 1. The maximum Gasteiger partial charge on any atom is 0.326 e. The maximum atomic E-state index is 13.4. The third-order valence-electron chi connectivity index (χ3n) is 9.52. The molecule has 4 aromatic rings. The number of aliphatic carboxylic acids is 1. The lowest BCUT2D eigenvalue weighted by Crippen LogP contribution is -2.53. The molecule has 14 nitrogen and oxygen atoms in total. The number of nitrogens with one attached hydrogen (secondary N) is 5. The van der Waals surface area contributed by atoms with Crippen LogP contribution in [0, 0.1) is 5.92 Å². The summed E-state index contributed by atoms with van der Waals surface area (Å²) in [6.45, 7) is 3.55. The summed E-state index contributed by atoms with van der Waals surface area (Å²) < 4.78 is 27.8. The fourth-order valence-electron chi connectivity index (χ4n) is 6.35. The monoisotopic (exact) mass is 812 g/mol. The Balaban J connectivity index is 1.13. The predicted octanol–water partition coefficient (Wildman–Crippen LogP) is 4.73. The van der Waals surface area contributed by atoms with Gasteiger partial charge < -0.3 is 31.4 Å². The van der Waals surface area contributed by atoms with Gasteiger partial charge in [0.25, 0.3) is 5.91 Å². The number of carboxylic acids is 1. The predicted molar refractivity (Wildman–Crippen MR) is 208 cm³/mol. The standard InChI is InChI=1S/C38H42Cl2N6O8S/c1-3-22(2)34(45-33(47)17-23-10-12-26(13-11-23)43-35(48)29-21-42-30-8-5-4-7-28(29)30)37(50)41-15-14-31(38(51)52)44-36(49)32-9-6-16-46(32)55(53,54)27-19-24(39)18-25(40)20-27/h4-5,7-8,10-13,18-22,31-32,34,42H,3,6,9,14-17H2,1-2H3,(H,41,50)(H,43,48)(H,44,49)(H,45,47)(H,51,52)/t22?,31-,32-,34-/m0/s1. The highest BCUT2D eigenvalue weighted by molar-refractivity contribution is 7.89. The van der Waals surface area contributed by atoms with Crippen LogP contribution in [0.25, 0.3) is 10.9 Å². The molecule has 2 heterocycles. The van der Waals surface area contributed by atoms with Crippen molar-refractivity contribution < 1.29 is 37.5 Å². The number of carboxylic acid groups (broad SMARTS) is 1. The summed E-state index contributed by atoms with van der Waals surface area (Å²) >= 11 is 12.0. The summed E-state index contributed by atoms with van der Waals surface area (Å²) in [6.07, 6.45) is 2.50. The van der Waals surface area contributed by atoms with Crippen molar-refractivity contribution >= 4 is 79.4 Å². The summed E-state index contributed by atoms with van der Waals surface area (Å²) in [5.41, 5.74) is 2.54. The second-order valence-corrected chi connectivity index (χ2v) is 16.1. The third kappa shape index (κ3) is 10.2. The fourth-order valence-corrected chi connectivity index (χ4v) is 8.74. The molecule has 3 aromatic carbocycles. The van der Waals surface area contributed by atoms with Gasteiger partial charge in [-0.05, 0) is 67.1 Å². The van der Waals surface area contributed by atoms with Crippen molar-refractivity contribution in [2.24, 2.45) is 5.92 Å². The van der Waals surface area contributed by atoms with Crippen LogP contribution < -0.4 is 21.3 Å². The number of carbonyl (C=O) groups is 5. The minimum absolute atomic E-state index is 0.0388. The molecule has 0 spiro atoms. The maximum absolute atomic E-state index is 13.4. The van der Waals surface area contributed by atoms with Gasteiger partial charge in [0.05, 0.1) is 16.9 Å². The summed E-state index contributed by atoms with van der Waals surface area (Å²) in [6, 6.07) is 14.5. The first kappa shape index (κ1) is 41.2. The van der Waals surface area contributed by atoms with E-state index in [2.05, 4.69) is 26.3 Å². The zero-order chi connectivity index (χ0) is 39.9. The zero-order valence-corrected chi connectivity index (χ0v) is 32.4. The topological polar surface area (TPSA) is 207 Å². The number of halogens is 2. The van der Waals surface area contributed by atoms with Crippen molar-refractivity contribution in [1.82, 2.24) is 25.2 Å². The van der Waals surface area contributed by atoms with Crippen molar-refractivity contribution in [2.45, 2.75) is 69.0 Å². The molecule has 17 heteroatoms. The second-order valence-electron chi connectivity index (χ2n) is 13.4. The van der Waals surface area contributed by atoms with E-state index in [1.807, 2.05) is 31.2 Å². The molecule has 1 aromatic heterocycles. The van der Waals surface area contributed by atoms with Crippen LogP contribution in [0.15, 0.2) is 77.8 Å². The van der Waals surface area contributed by atoms with E-state index in [1.54, 1.807) is 37.4 Å². The van der Waals surface area contributed by atoms with Gasteiger partial charge in [0.1, 0.15) is 18.1 Å². The Bertz CT molecular complexity index is 2160. The Kier molecular flexibility index (Phi) is 13.6. The molecule has 1 fully saturated rings. The van der Waals surface area contributed by atoms with Crippen molar-refractivity contribution in [2.75, 3.05) is 18.4 Å². The summed E-state index contributed by atoms with van der Waals surface area (Å²) in [7, 11) is -4.18. The van der Waals surface area contributed by atoms with Crippen molar-refractivity contribution in [3.8, 4) is 0 Å². The highest BCUT2D eigenvalue weighted by Crippen LogP contribution is 2.30. The Hall–Kier alpha value is -4.96. The molecule has 0 saturated carbocycles. The molecule has 1 aliphatic heterocycles. The minimum Gasteiger partial charge on any atom is -0.480 e. The average Bonchev–Trinajstić information content (AvgIpc) is 3.82. The van der Waals surface area contributed by atoms with Crippen LogP contribution in [0.5, 0.6) is 0 Å². The number of hydrogen-bond acceptors (Lipinski definition) is 7. The number of fused-ring (bicyclic) bond motifs is 1. The van der Waals surface area contributed by atoms with Gasteiger partial charge in [0.2, 0.25) is 27.7 Å². The molecule has 0 aliphatic carbocycles. The first-order valence-electron chi connectivity index (χ1n) is 17.7. The van der Waals surface area contributed by atoms with Crippen molar-refractivity contribution in [3.05, 3.63) is 94.1 Å². The SMILES string of the molecule is CCC(C)[C@H](NC(=O)Cc1ccc(NC(=O)c2c[nH]c3ccccc23)cc1)C(=O)NCC[C@H](NC(=O)[C@@H]1CCCN1S(=O)(=O)c1cc(Cl)cc(Cl)c1)C(=O)O. The quantitative estimate of drug-likeness (QED) is 0.0931. The van der Waals surface area contributed by atoms with Crippen LogP contribution in [-0.4, -0.2) is 83.6 Å². The van der Waals surface area contributed by atoms with Gasteiger partial charge in [0, 0.05) is 45.9 Å². The summed E-state index contributed by atoms with van der Waals surface area (Å²) in [5.74, 6) is -3.65. The number of carbonyl (C=O) groups excluding carboxylic acids is 4. The normalized spacial score (nSPS) is 16.2. The van der Waals surface area contributed by atoms with E-state index in [0.29, 0.717) is 29.7 Å². The average molecular weight is 814 g/mol. The molecular formula is C38H42Cl2N6O8S. The fraction of sp³-hybridized carbons (Fsp3) is 0.342. The molecule has 4 amide bonds. The molecule has 0 bridgehead atoms. The smallest absolute Gasteiger partial charge is 0.326 e. The Morgan fingerprint density at radius 1 is 0.982 bits per heavy atom. The van der Waals surface area contributed by atoms with Crippen LogP contribution in [0.4, 0.5) is 5.69 Å². The largest absolute Gasteiger partial charge is 0.480 e. The number of rotatable bonds is 16. The Labute approximate surface area is 328 Å². The second kappa shape index (κ2) is 18.1. The number of hydrogen-bond donors (Lipinski definition) is 6. The summed E-state index contributed by atoms with van der Waals surface area (Å²) in [5, 5.41) is 21.6. The number of amides is 4. The van der Waals surface area contributed by atoms with Gasteiger partial charge in [-0.2, -0.15) is 4.31 Å². The van der Waals surface area contributed by atoms with Gasteiger partial charge >= 0.3 is 5.97 Å². The third-order valence-corrected chi connectivity index (χ3v) is 11.8. The molecule has 292 valence electrons. The number of sulfonamides is 1. The van der Waals surface area contributed by atoms with Crippen molar-refractivity contribution in [1.29, 1.82) is 0 Å². The van der Waals surface area contributed by atoms with Crippen LogP contribution in [0.3, 0.4) is 0 Å². The number of nitrogens with zero attached hydrogens (tertiary/aromatic N) is 1. The van der Waals surface area contributed by atoms with Gasteiger partial charge in [0.15, 0.2) is 0 Å². The van der Waals surface area contributed by atoms with Crippen LogP contribution in [-0.2, 0) is 35.6 Å². The lowest BCUT2D eigenvalue weighted by Gasteiger charge is -2.26.